The van der Waals surface area contributed by atoms with Crippen molar-refractivity contribution in [3.8, 4) is 5.75 Å². The first-order valence-electron chi connectivity index (χ1n) is 8.13. The summed E-state index contributed by atoms with van der Waals surface area (Å²) in [7, 11) is 1.77. The molecule has 0 saturated carbocycles. The fourth-order valence-electron chi connectivity index (χ4n) is 3.82. The highest BCUT2D eigenvalue weighted by Gasteiger charge is 2.35. The lowest BCUT2D eigenvalue weighted by Crippen LogP contribution is -2.24. The first kappa shape index (κ1) is 14.9. The standard InChI is InChI=1S/C21H24O/c1-4-15-21(2,19-11-7-8-12-20(19)22-3)18-14-13-16-9-5-6-10-17(16)18/h5-12,14H,4,13,15H2,1-3H3. The highest BCUT2D eigenvalue weighted by Crippen LogP contribution is 2.48. The lowest BCUT2D eigenvalue weighted by atomic mass is 9.70. The largest absolute Gasteiger partial charge is 0.496 e. The SMILES string of the molecule is CCCC(C)(C1=CCc2ccccc21)c1ccccc1OC. The van der Waals surface area contributed by atoms with Crippen molar-refractivity contribution in [1.82, 2.24) is 0 Å². The van der Waals surface area contributed by atoms with Gasteiger partial charge >= 0.3 is 0 Å². The summed E-state index contributed by atoms with van der Waals surface area (Å²) >= 11 is 0. The Morgan fingerprint density at radius 1 is 1.05 bits per heavy atom. The fraction of sp³-hybridized carbons (Fsp3) is 0.333. The number of para-hydroxylation sites is 1. The van der Waals surface area contributed by atoms with Gasteiger partial charge in [0.1, 0.15) is 5.75 Å². The van der Waals surface area contributed by atoms with Crippen molar-refractivity contribution in [2.24, 2.45) is 0 Å². The number of methoxy groups -OCH3 is 1. The second-order valence-corrected chi connectivity index (χ2v) is 6.26. The minimum absolute atomic E-state index is 0.00600. The molecule has 0 spiro atoms. The van der Waals surface area contributed by atoms with Gasteiger partial charge in [-0.15, -0.1) is 0 Å². The molecule has 22 heavy (non-hydrogen) atoms. The van der Waals surface area contributed by atoms with Gasteiger partial charge in [-0.05, 0) is 35.6 Å². The zero-order valence-electron chi connectivity index (χ0n) is 13.7. The zero-order chi connectivity index (χ0) is 15.6. The molecular weight excluding hydrogens is 268 g/mol. The molecule has 0 saturated heterocycles. The number of benzene rings is 2. The number of fused-ring (bicyclic) bond motifs is 1. The molecule has 0 N–H and O–H groups in total. The van der Waals surface area contributed by atoms with Crippen LogP contribution in [0.25, 0.3) is 5.57 Å². The van der Waals surface area contributed by atoms with Gasteiger partial charge in [0.15, 0.2) is 0 Å². The molecule has 3 rings (SSSR count). The van der Waals surface area contributed by atoms with Crippen molar-refractivity contribution in [2.75, 3.05) is 7.11 Å². The fourth-order valence-corrected chi connectivity index (χ4v) is 3.82. The van der Waals surface area contributed by atoms with Crippen LogP contribution in [0.3, 0.4) is 0 Å². The van der Waals surface area contributed by atoms with Gasteiger partial charge in [-0.3, -0.25) is 0 Å². The monoisotopic (exact) mass is 292 g/mol. The average Bonchev–Trinajstić information content (AvgIpc) is 2.99. The van der Waals surface area contributed by atoms with Crippen molar-refractivity contribution in [1.29, 1.82) is 0 Å². The molecule has 0 bridgehead atoms. The van der Waals surface area contributed by atoms with Gasteiger partial charge in [-0.25, -0.2) is 0 Å². The van der Waals surface area contributed by atoms with Crippen LogP contribution in [0.15, 0.2) is 54.6 Å². The van der Waals surface area contributed by atoms with E-state index in [2.05, 4.69) is 62.4 Å². The molecule has 1 nitrogen and oxygen atoms in total. The van der Waals surface area contributed by atoms with Crippen LogP contribution in [0.1, 0.15) is 43.4 Å². The second-order valence-electron chi connectivity index (χ2n) is 6.26. The third-order valence-corrected chi connectivity index (χ3v) is 4.88. The minimum atomic E-state index is -0.00600. The van der Waals surface area contributed by atoms with Crippen molar-refractivity contribution < 1.29 is 4.74 Å². The second kappa shape index (κ2) is 6.00. The molecule has 0 heterocycles. The van der Waals surface area contributed by atoms with Gasteiger partial charge in [-0.2, -0.15) is 0 Å². The summed E-state index contributed by atoms with van der Waals surface area (Å²) in [6.07, 6.45) is 5.72. The summed E-state index contributed by atoms with van der Waals surface area (Å²) in [5.41, 5.74) is 5.59. The van der Waals surface area contributed by atoms with E-state index >= 15 is 0 Å². The summed E-state index contributed by atoms with van der Waals surface area (Å²) in [5, 5.41) is 0. The summed E-state index contributed by atoms with van der Waals surface area (Å²) in [6.45, 7) is 4.62. The molecule has 0 aliphatic heterocycles. The van der Waals surface area contributed by atoms with Crippen LogP contribution in [-0.4, -0.2) is 7.11 Å². The minimum Gasteiger partial charge on any atom is -0.496 e. The normalized spacial score (nSPS) is 15.9. The van der Waals surface area contributed by atoms with Gasteiger partial charge in [0, 0.05) is 11.0 Å². The van der Waals surface area contributed by atoms with E-state index in [4.69, 9.17) is 4.74 Å². The maximum Gasteiger partial charge on any atom is 0.122 e. The summed E-state index contributed by atoms with van der Waals surface area (Å²) in [5.74, 6) is 0.990. The smallest absolute Gasteiger partial charge is 0.122 e. The molecule has 0 aromatic heterocycles. The first-order chi connectivity index (χ1) is 10.7. The van der Waals surface area contributed by atoms with Crippen LogP contribution in [-0.2, 0) is 11.8 Å². The maximum absolute atomic E-state index is 5.66. The van der Waals surface area contributed by atoms with Crippen LogP contribution in [0.5, 0.6) is 5.75 Å². The first-order valence-corrected chi connectivity index (χ1v) is 8.13. The number of ether oxygens (including phenoxy) is 1. The predicted octanol–water partition coefficient (Wildman–Crippen LogP) is 5.39. The van der Waals surface area contributed by atoms with Gasteiger partial charge in [0.2, 0.25) is 0 Å². The molecule has 2 aromatic carbocycles. The van der Waals surface area contributed by atoms with Crippen LogP contribution in [0.2, 0.25) is 0 Å². The number of hydrogen-bond donors (Lipinski definition) is 0. The van der Waals surface area contributed by atoms with E-state index < -0.39 is 0 Å². The van der Waals surface area contributed by atoms with Crippen molar-refractivity contribution in [2.45, 2.75) is 38.5 Å². The quantitative estimate of drug-likeness (QED) is 0.717. The lowest BCUT2D eigenvalue weighted by Gasteiger charge is -2.33. The van der Waals surface area contributed by atoms with Crippen molar-refractivity contribution in [3.05, 3.63) is 71.3 Å². The predicted molar refractivity (Wildman–Crippen MR) is 93.4 cm³/mol. The zero-order valence-corrected chi connectivity index (χ0v) is 13.7. The van der Waals surface area contributed by atoms with Crippen LogP contribution in [0, 0.1) is 0 Å². The maximum atomic E-state index is 5.66. The molecule has 2 aromatic rings. The highest BCUT2D eigenvalue weighted by atomic mass is 16.5. The highest BCUT2D eigenvalue weighted by molar-refractivity contribution is 5.81. The van der Waals surface area contributed by atoms with Crippen molar-refractivity contribution in [3.63, 3.8) is 0 Å². The molecule has 114 valence electrons. The van der Waals surface area contributed by atoms with E-state index in [-0.39, 0.29) is 5.41 Å². The van der Waals surface area contributed by atoms with E-state index in [1.807, 2.05) is 6.07 Å². The third-order valence-electron chi connectivity index (χ3n) is 4.88. The Kier molecular flexibility index (Phi) is 4.06. The Hall–Kier alpha value is -2.02. The summed E-state index contributed by atoms with van der Waals surface area (Å²) < 4.78 is 5.66. The molecule has 1 atom stereocenters. The molecule has 0 amide bonds. The Morgan fingerprint density at radius 3 is 2.55 bits per heavy atom. The van der Waals surface area contributed by atoms with Gasteiger partial charge in [0.05, 0.1) is 7.11 Å². The Balaban J connectivity index is 2.14. The molecule has 1 unspecified atom stereocenters. The van der Waals surface area contributed by atoms with E-state index in [0.717, 1.165) is 25.0 Å². The van der Waals surface area contributed by atoms with Crippen molar-refractivity contribution >= 4 is 5.57 Å². The molecule has 0 fully saturated rings. The summed E-state index contributed by atoms with van der Waals surface area (Å²) in [6, 6.07) is 17.2. The lowest BCUT2D eigenvalue weighted by molar-refractivity contribution is 0.397. The number of hydrogen-bond acceptors (Lipinski definition) is 1. The van der Waals surface area contributed by atoms with E-state index in [1.54, 1.807) is 7.11 Å². The van der Waals surface area contributed by atoms with E-state index in [1.165, 1.54) is 22.3 Å². The molecule has 1 aliphatic rings. The van der Waals surface area contributed by atoms with E-state index in [0.29, 0.717) is 0 Å². The Bertz CT molecular complexity index is 699. The van der Waals surface area contributed by atoms with Crippen LogP contribution in [0.4, 0.5) is 0 Å². The molecule has 1 aliphatic carbocycles. The molecule has 1 heteroatoms. The van der Waals surface area contributed by atoms with Crippen LogP contribution >= 0.6 is 0 Å². The average molecular weight is 292 g/mol. The van der Waals surface area contributed by atoms with E-state index in [9.17, 15) is 0 Å². The Morgan fingerprint density at radius 2 is 1.77 bits per heavy atom. The van der Waals surface area contributed by atoms with Gasteiger partial charge in [-0.1, -0.05) is 68.8 Å². The number of allylic oxidation sites excluding steroid dienone is 2. The summed E-state index contributed by atoms with van der Waals surface area (Å²) in [4.78, 5) is 0. The molecular formula is C21H24O. The van der Waals surface area contributed by atoms with Gasteiger partial charge < -0.3 is 4.74 Å². The topological polar surface area (TPSA) is 9.23 Å². The van der Waals surface area contributed by atoms with Crippen LogP contribution < -0.4 is 4.74 Å². The third kappa shape index (κ3) is 2.35. The Labute approximate surface area is 133 Å². The van der Waals surface area contributed by atoms with Gasteiger partial charge in [0.25, 0.3) is 0 Å². The molecule has 0 radical (unpaired) electrons. The number of rotatable bonds is 5.